The maximum Gasteiger partial charge on any atom is 0.239 e. The second kappa shape index (κ2) is 6.86. The van der Waals surface area contributed by atoms with E-state index in [2.05, 4.69) is 0 Å². The molecule has 34 heavy (non-hydrogen) atoms. The van der Waals surface area contributed by atoms with Crippen LogP contribution in [0.4, 0.5) is 5.69 Å². The van der Waals surface area contributed by atoms with Gasteiger partial charge in [0, 0.05) is 0 Å². The highest BCUT2D eigenvalue weighted by atomic mass is 16.2. The second-order valence-corrected chi connectivity index (χ2v) is 9.97. The Bertz CT molecular complexity index is 1320. The number of hydrogen-bond donors (Lipinski definition) is 0. The number of fused-ring (bicyclic) bond motifs is 5. The number of amides is 2. The van der Waals surface area contributed by atoms with Crippen LogP contribution in [0.15, 0.2) is 84.9 Å². The number of rotatable bonds is 3. The lowest BCUT2D eigenvalue weighted by Gasteiger charge is -2.35. The molecule has 2 aliphatic carbocycles. The number of para-hydroxylation sites is 1. The van der Waals surface area contributed by atoms with Crippen molar-refractivity contribution in [1.29, 1.82) is 0 Å². The van der Waals surface area contributed by atoms with Crippen molar-refractivity contribution in [3.8, 4) is 0 Å². The lowest BCUT2D eigenvalue weighted by Crippen LogP contribution is -2.40. The van der Waals surface area contributed by atoms with E-state index in [1.807, 2.05) is 106 Å². The van der Waals surface area contributed by atoms with Crippen LogP contribution in [0.1, 0.15) is 30.5 Å². The Morgan fingerprint density at radius 2 is 1.03 bits per heavy atom. The SMILES string of the molecule is Cc1ccccc1N1C(=O)[C@@H]2[C@H](C1=O)[C@@]1(C)C(=O)[C@@]2(C)C(c2ccccc2)=C1c1ccccc1. The predicted molar refractivity (Wildman–Crippen MR) is 132 cm³/mol. The first-order valence-electron chi connectivity index (χ1n) is 11.7. The molecule has 0 spiro atoms. The molecule has 1 saturated heterocycles. The molecule has 4 atom stereocenters. The van der Waals surface area contributed by atoms with Crippen LogP contribution in [0, 0.1) is 29.6 Å². The van der Waals surface area contributed by atoms with E-state index in [4.69, 9.17) is 0 Å². The molecule has 3 aromatic rings. The number of benzene rings is 3. The molecule has 168 valence electrons. The van der Waals surface area contributed by atoms with Crippen molar-refractivity contribution >= 4 is 34.4 Å². The Balaban J connectivity index is 1.64. The normalized spacial score (nSPS) is 29.9. The van der Waals surface area contributed by atoms with Gasteiger partial charge >= 0.3 is 0 Å². The minimum Gasteiger partial charge on any atom is -0.298 e. The van der Waals surface area contributed by atoms with Gasteiger partial charge in [0.15, 0.2) is 5.78 Å². The fraction of sp³-hybridized carbons (Fsp3) is 0.233. The quantitative estimate of drug-likeness (QED) is 0.511. The van der Waals surface area contributed by atoms with Gasteiger partial charge in [-0.15, -0.1) is 0 Å². The van der Waals surface area contributed by atoms with E-state index in [0.29, 0.717) is 5.69 Å². The number of allylic oxidation sites excluding steroid dienone is 2. The number of nitrogens with zero attached hydrogens (tertiary/aromatic N) is 1. The fourth-order valence-corrected chi connectivity index (χ4v) is 6.86. The van der Waals surface area contributed by atoms with E-state index in [1.165, 1.54) is 4.90 Å². The first-order chi connectivity index (χ1) is 16.3. The summed E-state index contributed by atoms with van der Waals surface area (Å²) in [5, 5.41) is 0. The molecule has 2 bridgehead atoms. The third kappa shape index (κ3) is 2.30. The van der Waals surface area contributed by atoms with E-state index in [0.717, 1.165) is 27.8 Å². The average molecular weight is 448 g/mol. The largest absolute Gasteiger partial charge is 0.298 e. The van der Waals surface area contributed by atoms with Crippen LogP contribution in [0.2, 0.25) is 0 Å². The molecule has 3 aliphatic rings. The third-order valence-electron chi connectivity index (χ3n) is 8.26. The number of carbonyl (C=O) groups excluding carboxylic acids is 3. The number of ketones is 1. The van der Waals surface area contributed by atoms with Gasteiger partial charge in [0.1, 0.15) is 0 Å². The molecule has 0 N–H and O–H groups in total. The molecule has 1 heterocycles. The molecule has 4 heteroatoms. The van der Waals surface area contributed by atoms with Gasteiger partial charge in [-0.3, -0.25) is 14.4 Å². The Labute approximate surface area is 198 Å². The van der Waals surface area contributed by atoms with Crippen LogP contribution >= 0.6 is 0 Å². The summed E-state index contributed by atoms with van der Waals surface area (Å²) in [7, 11) is 0. The molecule has 0 unspecified atom stereocenters. The van der Waals surface area contributed by atoms with Gasteiger partial charge in [0.25, 0.3) is 0 Å². The maximum atomic E-state index is 14.2. The van der Waals surface area contributed by atoms with E-state index >= 15 is 0 Å². The highest BCUT2D eigenvalue weighted by molar-refractivity contribution is 6.34. The van der Waals surface area contributed by atoms with Gasteiger partial charge in [-0.1, -0.05) is 78.9 Å². The summed E-state index contributed by atoms with van der Waals surface area (Å²) < 4.78 is 0. The number of imide groups is 1. The van der Waals surface area contributed by atoms with Gasteiger partial charge in [0.05, 0.1) is 28.4 Å². The topological polar surface area (TPSA) is 54.5 Å². The Hall–Kier alpha value is -3.79. The lowest BCUT2D eigenvalue weighted by atomic mass is 9.63. The summed E-state index contributed by atoms with van der Waals surface area (Å²) in [6.45, 7) is 5.66. The van der Waals surface area contributed by atoms with Crippen LogP contribution in [0.25, 0.3) is 11.1 Å². The molecular formula is C30H25NO3. The molecule has 0 aromatic heterocycles. The van der Waals surface area contributed by atoms with Crippen LogP contribution in [0.5, 0.6) is 0 Å². The first-order valence-corrected chi connectivity index (χ1v) is 11.7. The standard InChI is InChI=1S/C30H25NO3/c1-18-12-10-11-17-21(18)31-26(32)24-25(27(31)33)30(3)23(20-15-8-5-9-16-20)22(29(24,2)28(30)34)19-13-6-4-7-14-19/h4-17,24-25H,1-3H3/t24-,25+,29-,30-/m0/s1. The molecule has 6 rings (SSSR count). The van der Waals surface area contributed by atoms with Crippen LogP contribution in [0.3, 0.4) is 0 Å². The fourth-order valence-electron chi connectivity index (χ4n) is 6.86. The van der Waals surface area contributed by atoms with Crippen molar-refractivity contribution in [3.63, 3.8) is 0 Å². The number of hydrogen-bond acceptors (Lipinski definition) is 3. The minimum absolute atomic E-state index is 0.0289. The zero-order valence-electron chi connectivity index (χ0n) is 19.4. The smallest absolute Gasteiger partial charge is 0.239 e. The highest BCUT2D eigenvalue weighted by Crippen LogP contribution is 2.73. The van der Waals surface area contributed by atoms with E-state index in [9.17, 15) is 14.4 Å². The van der Waals surface area contributed by atoms with E-state index in [1.54, 1.807) is 0 Å². The molecule has 1 saturated carbocycles. The van der Waals surface area contributed by atoms with Crippen molar-refractivity contribution < 1.29 is 14.4 Å². The van der Waals surface area contributed by atoms with Crippen LogP contribution in [-0.4, -0.2) is 17.6 Å². The second-order valence-electron chi connectivity index (χ2n) is 9.97. The Morgan fingerprint density at radius 3 is 1.47 bits per heavy atom. The van der Waals surface area contributed by atoms with Crippen molar-refractivity contribution in [3.05, 3.63) is 102 Å². The van der Waals surface area contributed by atoms with Gasteiger partial charge < -0.3 is 0 Å². The van der Waals surface area contributed by atoms with E-state index in [-0.39, 0.29) is 17.6 Å². The van der Waals surface area contributed by atoms with Crippen molar-refractivity contribution in [1.82, 2.24) is 0 Å². The average Bonchev–Trinajstić information content (AvgIpc) is 3.30. The first kappa shape index (κ1) is 20.8. The summed E-state index contributed by atoms with van der Waals surface area (Å²) in [6.07, 6.45) is 0. The summed E-state index contributed by atoms with van der Waals surface area (Å²) in [6, 6.07) is 27.1. The zero-order valence-corrected chi connectivity index (χ0v) is 19.4. The monoisotopic (exact) mass is 447 g/mol. The lowest BCUT2D eigenvalue weighted by molar-refractivity contribution is -0.133. The maximum absolute atomic E-state index is 14.2. The van der Waals surface area contributed by atoms with Crippen molar-refractivity contribution in [2.75, 3.05) is 4.90 Å². The molecule has 2 amide bonds. The van der Waals surface area contributed by atoms with Crippen molar-refractivity contribution in [2.24, 2.45) is 22.7 Å². The number of Topliss-reactive ketones (excluding diaryl/α,β-unsaturated/α-hetero) is 1. The zero-order chi connectivity index (χ0) is 23.8. The molecule has 0 radical (unpaired) electrons. The van der Waals surface area contributed by atoms with E-state index < -0.39 is 22.7 Å². The Kier molecular flexibility index (Phi) is 4.20. The van der Waals surface area contributed by atoms with Gasteiger partial charge in [-0.05, 0) is 54.7 Å². The number of carbonyl (C=O) groups is 3. The molecule has 4 nitrogen and oxygen atoms in total. The van der Waals surface area contributed by atoms with Gasteiger partial charge in [0.2, 0.25) is 11.8 Å². The molecule has 1 aliphatic heterocycles. The number of anilines is 1. The van der Waals surface area contributed by atoms with Crippen LogP contribution in [-0.2, 0) is 14.4 Å². The van der Waals surface area contributed by atoms with Crippen LogP contribution < -0.4 is 4.90 Å². The predicted octanol–water partition coefficient (Wildman–Crippen LogP) is 5.32. The summed E-state index contributed by atoms with van der Waals surface area (Å²) in [5.41, 5.74) is 2.89. The minimum atomic E-state index is -1.09. The highest BCUT2D eigenvalue weighted by Gasteiger charge is 2.78. The molecule has 2 fully saturated rings. The molecule has 3 aromatic carbocycles. The summed E-state index contributed by atoms with van der Waals surface area (Å²) in [5.74, 6) is -2.02. The molecular weight excluding hydrogens is 422 g/mol. The van der Waals surface area contributed by atoms with Crippen molar-refractivity contribution in [2.45, 2.75) is 20.8 Å². The summed E-state index contributed by atoms with van der Waals surface area (Å²) >= 11 is 0. The number of aryl methyl sites for hydroxylation is 1. The Morgan fingerprint density at radius 1 is 0.618 bits per heavy atom. The third-order valence-corrected chi connectivity index (χ3v) is 8.26. The summed E-state index contributed by atoms with van der Waals surface area (Å²) in [4.78, 5) is 43.5. The van der Waals surface area contributed by atoms with Gasteiger partial charge in [-0.25, -0.2) is 4.90 Å². The van der Waals surface area contributed by atoms with Gasteiger partial charge in [-0.2, -0.15) is 0 Å².